The fraction of sp³-hybridized carbons (Fsp3) is 0.545. The average molecular weight is 227 g/mol. The number of pyridine rings is 1. The Labute approximate surface area is 94.8 Å². The van der Waals surface area contributed by atoms with Crippen LogP contribution in [-0.4, -0.2) is 24.2 Å². The first kappa shape index (κ1) is 10.9. The van der Waals surface area contributed by atoms with Crippen LogP contribution in [0.15, 0.2) is 18.3 Å². The van der Waals surface area contributed by atoms with E-state index in [4.69, 9.17) is 16.3 Å². The zero-order valence-corrected chi connectivity index (χ0v) is 9.50. The summed E-state index contributed by atoms with van der Waals surface area (Å²) in [5, 5.41) is 4.06. The van der Waals surface area contributed by atoms with Crippen LogP contribution in [-0.2, 0) is 4.74 Å². The third-order valence-corrected chi connectivity index (χ3v) is 2.87. The van der Waals surface area contributed by atoms with Gasteiger partial charge in [-0.2, -0.15) is 0 Å². The Hall–Kier alpha value is -0.640. The second kappa shape index (κ2) is 4.92. The van der Waals surface area contributed by atoms with E-state index in [0.717, 1.165) is 19.6 Å². The number of aromatic nitrogens is 1. The molecule has 2 atom stereocenters. The molecule has 0 radical (unpaired) electrons. The Bertz CT molecular complexity index is 326. The van der Waals surface area contributed by atoms with Gasteiger partial charge in [0.05, 0.1) is 6.61 Å². The van der Waals surface area contributed by atoms with Crippen LogP contribution in [0.1, 0.15) is 24.9 Å². The number of hydrogen-bond donors (Lipinski definition) is 1. The van der Waals surface area contributed by atoms with Crippen LogP contribution < -0.4 is 5.32 Å². The highest BCUT2D eigenvalue weighted by Crippen LogP contribution is 2.17. The maximum absolute atomic E-state index is 5.84. The molecule has 0 saturated carbocycles. The van der Waals surface area contributed by atoms with Crippen LogP contribution in [0.3, 0.4) is 0 Å². The van der Waals surface area contributed by atoms with Crippen LogP contribution in [0.4, 0.5) is 0 Å². The Morgan fingerprint density at radius 2 is 2.53 bits per heavy atom. The summed E-state index contributed by atoms with van der Waals surface area (Å²) in [4.78, 5) is 3.97. The van der Waals surface area contributed by atoms with Gasteiger partial charge < -0.3 is 10.1 Å². The SMILES string of the molecule is CC(NC1CCOC1)c1ccnc(Cl)c1. The first-order chi connectivity index (χ1) is 7.25. The van der Waals surface area contributed by atoms with Crippen molar-refractivity contribution in [2.75, 3.05) is 13.2 Å². The highest BCUT2D eigenvalue weighted by molar-refractivity contribution is 6.29. The van der Waals surface area contributed by atoms with Gasteiger partial charge in [-0.1, -0.05) is 11.6 Å². The highest BCUT2D eigenvalue weighted by Gasteiger charge is 2.18. The van der Waals surface area contributed by atoms with Crippen molar-refractivity contribution in [3.63, 3.8) is 0 Å². The van der Waals surface area contributed by atoms with Gasteiger partial charge in [-0.05, 0) is 31.0 Å². The van der Waals surface area contributed by atoms with E-state index in [1.54, 1.807) is 6.20 Å². The summed E-state index contributed by atoms with van der Waals surface area (Å²) in [5.74, 6) is 0. The molecule has 0 aliphatic carbocycles. The van der Waals surface area contributed by atoms with Crippen molar-refractivity contribution < 1.29 is 4.74 Å². The van der Waals surface area contributed by atoms with Gasteiger partial charge in [-0.3, -0.25) is 0 Å². The van der Waals surface area contributed by atoms with Crippen LogP contribution in [0.5, 0.6) is 0 Å². The molecule has 1 aromatic heterocycles. The standard InChI is InChI=1S/C11H15ClN2O/c1-8(14-10-3-5-15-7-10)9-2-4-13-11(12)6-9/h2,4,6,8,10,14H,3,5,7H2,1H3. The molecule has 0 spiro atoms. The van der Waals surface area contributed by atoms with Crippen LogP contribution >= 0.6 is 11.6 Å². The zero-order valence-electron chi connectivity index (χ0n) is 8.74. The predicted molar refractivity (Wildman–Crippen MR) is 60.0 cm³/mol. The van der Waals surface area contributed by atoms with E-state index in [9.17, 15) is 0 Å². The quantitative estimate of drug-likeness (QED) is 0.803. The average Bonchev–Trinajstić information content (AvgIpc) is 2.70. The molecule has 0 aromatic carbocycles. The molecule has 3 nitrogen and oxygen atoms in total. The third-order valence-electron chi connectivity index (χ3n) is 2.67. The van der Waals surface area contributed by atoms with E-state index in [2.05, 4.69) is 17.2 Å². The van der Waals surface area contributed by atoms with Crippen molar-refractivity contribution in [3.05, 3.63) is 29.0 Å². The van der Waals surface area contributed by atoms with E-state index in [1.807, 2.05) is 12.1 Å². The van der Waals surface area contributed by atoms with E-state index >= 15 is 0 Å². The van der Waals surface area contributed by atoms with Crippen molar-refractivity contribution >= 4 is 11.6 Å². The monoisotopic (exact) mass is 226 g/mol. The van der Waals surface area contributed by atoms with Gasteiger partial charge in [-0.25, -0.2) is 4.98 Å². The molecule has 1 aromatic rings. The molecule has 15 heavy (non-hydrogen) atoms. The van der Waals surface area contributed by atoms with Gasteiger partial charge in [0, 0.05) is 24.9 Å². The number of hydrogen-bond acceptors (Lipinski definition) is 3. The summed E-state index contributed by atoms with van der Waals surface area (Å²) in [6.45, 7) is 3.80. The lowest BCUT2D eigenvalue weighted by Gasteiger charge is -2.18. The summed E-state index contributed by atoms with van der Waals surface area (Å²) in [6, 6.07) is 4.64. The van der Waals surface area contributed by atoms with Gasteiger partial charge in [0.2, 0.25) is 0 Å². The minimum Gasteiger partial charge on any atom is -0.380 e. The lowest BCUT2D eigenvalue weighted by atomic mass is 10.1. The van der Waals surface area contributed by atoms with Crippen molar-refractivity contribution in [2.45, 2.75) is 25.4 Å². The number of rotatable bonds is 3. The Balaban J connectivity index is 1.97. The number of nitrogens with zero attached hydrogens (tertiary/aromatic N) is 1. The predicted octanol–water partition coefficient (Wildman–Crippen LogP) is 2.17. The van der Waals surface area contributed by atoms with Gasteiger partial charge in [0.15, 0.2) is 0 Å². The smallest absolute Gasteiger partial charge is 0.129 e. The minimum atomic E-state index is 0.289. The van der Waals surface area contributed by atoms with Crippen LogP contribution in [0, 0.1) is 0 Å². The van der Waals surface area contributed by atoms with E-state index in [1.165, 1.54) is 5.56 Å². The van der Waals surface area contributed by atoms with E-state index < -0.39 is 0 Å². The highest BCUT2D eigenvalue weighted by atomic mass is 35.5. The molecule has 1 aliphatic heterocycles. The van der Waals surface area contributed by atoms with Crippen LogP contribution in [0.25, 0.3) is 0 Å². The summed E-state index contributed by atoms with van der Waals surface area (Å²) >= 11 is 5.84. The molecule has 2 rings (SSSR count). The van der Waals surface area contributed by atoms with Crippen molar-refractivity contribution in [1.82, 2.24) is 10.3 Å². The topological polar surface area (TPSA) is 34.1 Å². The normalized spacial score (nSPS) is 22.9. The Morgan fingerprint density at radius 1 is 1.67 bits per heavy atom. The summed E-state index contributed by atoms with van der Waals surface area (Å²) in [7, 11) is 0. The minimum absolute atomic E-state index is 0.289. The molecule has 1 fully saturated rings. The molecule has 1 N–H and O–H groups in total. The fourth-order valence-electron chi connectivity index (χ4n) is 1.80. The molecule has 0 amide bonds. The largest absolute Gasteiger partial charge is 0.380 e. The molecule has 4 heteroatoms. The Morgan fingerprint density at radius 3 is 3.20 bits per heavy atom. The Kier molecular flexibility index (Phi) is 3.57. The lowest BCUT2D eigenvalue weighted by molar-refractivity contribution is 0.188. The molecular weight excluding hydrogens is 212 g/mol. The third kappa shape index (κ3) is 2.91. The van der Waals surface area contributed by atoms with E-state index in [-0.39, 0.29) is 6.04 Å². The van der Waals surface area contributed by atoms with Crippen molar-refractivity contribution in [1.29, 1.82) is 0 Å². The fourth-order valence-corrected chi connectivity index (χ4v) is 1.98. The van der Waals surface area contributed by atoms with Gasteiger partial charge in [0.1, 0.15) is 5.15 Å². The molecular formula is C11H15ClN2O. The molecule has 1 saturated heterocycles. The molecule has 1 aliphatic rings. The maximum atomic E-state index is 5.84. The van der Waals surface area contributed by atoms with E-state index in [0.29, 0.717) is 11.2 Å². The molecule has 2 unspecified atom stereocenters. The lowest BCUT2D eigenvalue weighted by Crippen LogP contribution is -2.31. The molecule has 0 bridgehead atoms. The number of ether oxygens (including phenoxy) is 1. The van der Waals surface area contributed by atoms with Gasteiger partial charge in [-0.15, -0.1) is 0 Å². The van der Waals surface area contributed by atoms with Gasteiger partial charge >= 0.3 is 0 Å². The molecule has 82 valence electrons. The number of nitrogens with one attached hydrogen (secondary N) is 1. The second-order valence-electron chi connectivity index (χ2n) is 3.86. The summed E-state index contributed by atoms with van der Waals surface area (Å²) in [5.41, 5.74) is 1.17. The maximum Gasteiger partial charge on any atom is 0.129 e. The summed E-state index contributed by atoms with van der Waals surface area (Å²) < 4.78 is 5.32. The zero-order chi connectivity index (χ0) is 10.7. The number of halogens is 1. The first-order valence-electron chi connectivity index (χ1n) is 5.21. The van der Waals surface area contributed by atoms with Crippen molar-refractivity contribution in [3.8, 4) is 0 Å². The first-order valence-corrected chi connectivity index (χ1v) is 5.59. The summed E-state index contributed by atoms with van der Waals surface area (Å²) in [6.07, 6.45) is 2.82. The van der Waals surface area contributed by atoms with Gasteiger partial charge in [0.25, 0.3) is 0 Å². The molecule has 2 heterocycles. The van der Waals surface area contributed by atoms with Crippen LogP contribution in [0.2, 0.25) is 5.15 Å². The van der Waals surface area contributed by atoms with Crippen molar-refractivity contribution in [2.24, 2.45) is 0 Å². The second-order valence-corrected chi connectivity index (χ2v) is 4.25.